The number of fused-ring (bicyclic) bond motifs is 2. The molecule has 3 fully saturated rings. The topological polar surface area (TPSA) is 98.7 Å². The van der Waals surface area contributed by atoms with E-state index in [9.17, 15) is 19.8 Å². The zero-order valence-electron chi connectivity index (χ0n) is 17.0. The van der Waals surface area contributed by atoms with Crippen LogP contribution in [0.25, 0.3) is 0 Å². The van der Waals surface area contributed by atoms with Crippen LogP contribution in [0.4, 0.5) is 0 Å². The molecule has 0 heterocycles. The van der Waals surface area contributed by atoms with Crippen molar-refractivity contribution in [3.8, 4) is 0 Å². The lowest BCUT2D eigenvalue weighted by Crippen LogP contribution is -2.52. The van der Waals surface area contributed by atoms with Gasteiger partial charge in [-0.25, -0.2) is 0 Å². The molecule has 154 valence electrons. The van der Waals surface area contributed by atoms with Gasteiger partial charge in [0.05, 0.1) is 12.7 Å². The molecule has 27 heavy (non-hydrogen) atoms. The number of carbonyl (C=O) groups excluding carboxylic acids is 2. The zero-order chi connectivity index (χ0) is 19.8. The summed E-state index contributed by atoms with van der Waals surface area (Å²) in [5.41, 5.74) is -0.149. The van der Waals surface area contributed by atoms with Gasteiger partial charge in [-0.1, -0.05) is 40.0 Å². The lowest BCUT2D eigenvalue weighted by Gasteiger charge is -2.37. The van der Waals surface area contributed by atoms with Gasteiger partial charge in [-0.3, -0.25) is 9.59 Å². The molecule has 6 nitrogen and oxygen atoms in total. The Morgan fingerprint density at radius 2 is 1.78 bits per heavy atom. The molecule has 3 aliphatic carbocycles. The molecule has 0 aromatic heterocycles. The molecule has 6 heteroatoms. The fraction of sp³-hybridized carbons (Fsp3) is 0.905. The van der Waals surface area contributed by atoms with Gasteiger partial charge >= 0.3 is 0 Å². The van der Waals surface area contributed by atoms with Crippen LogP contribution >= 0.6 is 0 Å². The van der Waals surface area contributed by atoms with E-state index in [1.54, 1.807) is 0 Å². The molecule has 0 spiro atoms. The molecular formula is C21H36N2O4. The highest BCUT2D eigenvalue weighted by Gasteiger charge is 2.65. The molecule has 5 atom stereocenters. The van der Waals surface area contributed by atoms with Crippen molar-refractivity contribution in [1.29, 1.82) is 0 Å². The third-order valence-corrected chi connectivity index (χ3v) is 8.16. The summed E-state index contributed by atoms with van der Waals surface area (Å²) in [6, 6.07) is -0.774. The van der Waals surface area contributed by atoms with E-state index in [0.29, 0.717) is 5.92 Å². The number of nitrogens with one attached hydrogen (secondary N) is 2. The first-order valence-electron chi connectivity index (χ1n) is 10.6. The van der Waals surface area contributed by atoms with E-state index < -0.39 is 18.8 Å². The first-order valence-corrected chi connectivity index (χ1v) is 10.6. The molecule has 0 aromatic rings. The largest absolute Gasteiger partial charge is 0.394 e. The number of rotatable bonds is 6. The monoisotopic (exact) mass is 380 g/mol. The number of aliphatic hydroxyl groups excluding tert-OH is 2. The van der Waals surface area contributed by atoms with Crippen molar-refractivity contribution >= 4 is 11.8 Å². The van der Waals surface area contributed by atoms with Gasteiger partial charge in [-0.2, -0.15) is 0 Å². The Balaban J connectivity index is 1.55. The van der Waals surface area contributed by atoms with E-state index in [1.807, 2.05) is 0 Å². The summed E-state index contributed by atoms with van der Waals surface area (Å²) in [7, 11) is 0. The maximum absolute atomic E-state index is 12.6. The Morgan fingerprint density at radius 1 is 1.11 bits per heavy atom. The molecule has 0 aliphatic heterocycles. The summed E-state index contributed by atoms with van der Waals surface area (Å²) in [4.78, 5) is 25.0. The van der Waals surface area contributed by atoms with E-state index >= 15 is 0 Å². The lowest BCUT2D eigenvalue weighted by molar-refractivity contribution is -0.132. The Kier molecular flexibility index (Phi) is 5.88. The van der Waals surface area contributed by atoms with Crippen molar-refractivity contribution in [3.05, 3.63) is 0 Å². The predicted octanol–water partition coefficient (Wildman–Crippen LogP) is 1.74. The first kappa shape index (κ1) is 20.6. The van der Waals surface area contributed by atoms with Crippen LogP contribution in [0.1, 0.15) is 72.1 Å². The van der Waals surface area contributed by atoms with Crippen molar-refractivity contribution in [2.75, 3.05) is 6.61 Å². The molecule has 2 bridgehead atoms. The third kappa shape index (κ3) is 3.63. The maximum atomic E-state index is 12.6. The molecule has 5 unspecified atom stereocenters. The van der Waals surface area contributed by atoms with Crippen LogP contribution in [0.3, 0.4) is 0 Å². The minimum atomic E-state index is -0.918. The number of carbonyl (C=O) groups is 2. The molecule has 0 aromatic carbocycles. The molecule has 3 saturated carbocycles. The molecule has 3 rings (SSSR count). The van der Waals surface area contributed by atoms with Gasteiger partial charge < -0.3 is 20.8 Å². The van der Waals surface area contributed by atoms with Crippen LogP contribution in [-0.2, 0) is 9.59 Å². The van der Waals surface area contributed by atoms with Crippen molar-refractivity contribution in [3.63, 3.8) is 0 Å². The number of hydrogen-bond acceptors (Lipinski definition) is 4. The number of amides is 2. The highest BCUT2D eigenvalue weighted by Crippen LogP contribution is 2.68. The fourth-order valence-electron chi connectivity index (χ4n) is 6.00. The highest BCUT2D eigenvalue weighted by atomic mass is 16.3. The van der Waals surface area contributed by atoms with E-state index in [4.69, 9.17) is 0 Å². The van der Waals surface area contributed by atoms with Crippen molar-refractivity contribution < 1.29 is 19.8 Å². The van der Waals surface area contributed by atoms with Crippen LogP contribution in [0.5, 0.6) is 0 Å². The van der Waals surface area contributed by atoms with Gasteiger partial charge in [0, 0.05) is 12.5 Å². The smallest absolute Gasteiger partial charge is 0.245 e. The van der Waals surface area contributed by atoms with Crippen LogP contribution < -0.4 is 10.6 Å². The Bertz CT molecular complexity index is 573. The predicted molar refractivity (Wildman–Crippen MR) is 103 cm³/mol. The summed E-state index contributed by atoms with van der Waals surface area (Å²) in [5, 5.41) is 26.1. The Hall–Kier alpha value is -1.14. The number of hydrogen-bond donors (Lipinski definition) is 4. The van der Waals surface area contributed by atoms with Crippen LogP contribution in [0.15, 0.2) is 0 Å². The van der Waals surface area contributed by atoms with Crippen LogP contribution in [0, 0.1) is 22.7 Å². The van der Waals surface area contributed by atoms with Crippen molar-refractivity contribution in [1.82, 2.24) is 10.6 Å². The molecule has 0 radical (unpaired) electrons. The highest BCUT2D eigenvalue weighted by molar-refractivity contribution is 5.88. The second-order valence-electron chi connectivity index (χ2n) is 9.74. The summed E-state index contributed by atoms with van der Waals surface area (Å²) >= 11 is 0. The van der Waals surface area contributed by atoms with Crippen LogP contribution in [-0.4, -0.2) is 46.8 Å². The fourth-order valence-corrected chi connectivity index (χ4v) is 6.00. The second kappa shape index (κ2) is 7.70. The Morgan fingerprint density at radius 3 is 2.33 bits per heavy atom. The molecule has 2 amide bonds. The van der Waals surface area contributed by atoms with Gasteiger partial charge in [0.25, 0.3) is 0 Å². The average Bonchev–Trinajstić information content (AvgIpc) is 2.94. The molecular weight excluding hydrogens is 344 g/mol. The molecule has 0 saturated heterocycles. The van der Waals surface area contributed by atoms with Gasteiger partial charge in [-0.05, 0) is 48.3 Å². The normalized spacial score (nSPS) is 36.4. The van der Waals surface area contributed by atoms with E-state index in [1.165, 1.54) is 6.42 Å². The van der Waals surface area contributed by atoms with Gasteiger partial charge in [0.1, 0.15) is 6.04 Å². The third-order valence-electron chi connectivity index (χ3n) is 8.16. The SMILES string of the molecule is CC1(C)C2CCC1(C)C(O)C2CC(=O)NC(CO)C(=O)NC1CCCCC1. The maximum Gasteiger partial charge on any atom is 0.245 e. The van der Waals surface area contributed by atoms with Crippen LogP contribution in [0.2, 0.25) is 0 Å². The summed E-state index contributed by atoms with van der Waals surface area (Å²) < 4.78 is 0. The lowest BCUT2D eigenvalue weighted by atomic mass is 9.70. The second-order valence-corrected chi connectivity index (χ2v) is 9.74. The Labute approximate surface area is 162 Å². The zero-order valence-corrected chi connectivity index (χ0v) is 17.0. The summed E-state index contributed by atoms with van der Waals surface area (Å²) in [6.45, 7) is 6.10. The minimum Gasteiger partial charge on any atom is -0.394 e. The van der Waals surface area contributed by atoms with Gasteiger partial charge in [0.2, 0.25) is 11.8 Å². The number of aliphatic hydroxyl groups is 2. The van der Waals surface area contributed by atoms with E-state index in [2.05, 4.69) is 31.4 Å². The van der Waals surface area contributed by atoms with Gasteiger partial charge in [0.15, 0.2) is 0 Å². The van der Waals surface area contributed by atoms with E-state index in [-0.39, 0.29) is 41.0 Å². The van der Waals surface area contributed by atoms with Gasteiger partial charge in [-0.15, -0.1) is 0 Å². The average molecular weight is 381 g/mol. The summed E-state index contributed by atoms with van der Waals surface area (Å²) in [5.74, 6) is -0.339. The minimum absolute atomic E-state index is 0.00605. The van der Waals surface area contributed by atoms with Crippen molar-refractivity contribution in [2.45, 2.75) is 90.3 Å². The molecule has 4 N–H and O–H groups in total. The van der Waals surface area contributed by atoms with Crippen molar-refractivity contribution in [2.24, 2.45) is 22.7 Å². The van der Waals surface area contributed by atoms with E-state index in [0.717, 1.165) is 38.5 Å². The first-order chi connectivity index (χ1) is 12.7. The standard InChI is InChI=1S/C21H36N2O4/c1-20(2)15-9-10-21(20,3)18(26)14(15)11-17(25)23-16(12-24)19(27)22-13-7-5-4-6-8-13/h13-16,18,24,26H,4-12H2,1-3H3,(H,22,27)(H,23,25). The quantitative estimate of drug-likeness (QED) is 0.564. The molecule has 3 aliphatic rings. The summed E-state index contributed by atoms with van der Waals surface area (Å²) in [6.07, 6.45) is 7.07.